The zero-order valence-corrected chi connectivity index (χ0v) is 11.4. The fraction of sp³-hybridized carbons (Fsp3) is 0.267. The molecular weight excluding hydrogens is 244 g/mol. The van der Waals surface area contributed by atoms with Crippen molar-refractivity contribution in [2.75, 3.05) is 0 Å². The number of halogens is 1. The van der Waals surface area contributed by atoms with Crippen molar-refractivity contribution in [2.24, 2.45) is 0 Å². The zero-order chi connectivity index (χ0) is 13.0. The first-order valence-corrected chi connectivity index (χ1v) is 6.48. The van der Waals surface area contributed by atoms with Gasteiger partial charge in [0.1, 0.15) is 0 Å². The Morgan fingerprint density at radius 3 is 2.67 bits per heavy atom. The van der Waals surface area contributed by atoms with Crippen LogP contribution in [0.2, 0.25) is 5.02 Å². The van der Waals surface area contributed by atoms with Crippen LogP contribution in [0.1, 0.15) is 19.4 Å². The summed E-state index contributed by atoms with van der Waals surface area (Å²) in [6, 6.07) is 12.4. The number of benzene rings is 1. The number of nitrogens with one attached hydrogen (secondary N) is 1. The van der Waals surface area contributed by atoms with E-state index in [0.717, 1.165) is 28.4 Å². The highest BCUT2D eigenvalue weighted by molar-refractivity contribution is 6.31. The number of aromatic nitrogens is 1. The minimum atomic E-state index is 0.455. The second-order valence-corrected chi connectivity index (χ2v) is 4.96. The number of pyridine rings is 1. The molecule has 0 atom stereocenters. The molecule has 0 amide bonds. The monoisotopic (exact) mass is 260 g/mol. The quantitative estimate of drug-likeness (QED) is 0.902. The molecule has 94 valence electrons. The summed E-state index contributed by atoms with van der Waals surface area (Å²) < 4.78 is 0. The molecule has 0 unspecified atom stereocenters. The Hall–Kier alpha value is -1.38. The van der Waals surface area contributed by atoms with E-state index in [1.807, 2.05) is 24.3 Å². The van der Waals surface area contributed by atoms with Crippen LogP contribution in [-0.2, 0) is 6.54 Å². The van der Waals surface area contributed by atoms with Crippen molar-refractivity contribution < 1.29 is 0 Å². The summed E-state index contributed by atoms with van der Waals surface area (Å²) in [7, 11) is 0. The van der Waals surface area contributed by atoms with Crippen molar-refractivity contribution in [1.82, 2.24) is 10.3 Å². The summed E-state index contributed by atoms with van der Waals surface area (Å²) in [5.74, 6) is 0. The minimum Gasteiger partial charge on any atom is -0.310 e. The zero-order valence-electron chi connectivity index (χ0n) is 10.7. The molecule has 1 N–H and O–H groups in total. The van der Waals surface area contributed by atoms with Gasteiger partial charge < -0.3 is 5.32 Å². The third-order valence-corrected chi connectivity index (χ3v) is 3.07. The van der Waals surface area contributed by atoms with Crippen molar-refractivity contribution in [3.05, 3.63) is 53.2 Å². The Morgan fingerprint density at radius 2 is 2.06 bits per heavy atom. The highest BCUT2D eigenvalue weighted by atomic mass is 35.5. The molecule has 2 aromatic rings. The van der Waals surface area contributed by atoms with E-state index in [2.05, 4.69) is 36.3 Å². The first-order chi connectivity index (χ1) is 8.66. The Bertz CT molecular complexity index is 509. The molecule has 3 heteroatoms. The van der Waals surface area contributed by atoms with Crippen molar-refractivity contribution in [1.29, 1.82) is 0 Å². The van der Waals surface area contributed by atoms with E-state index in [1.54, 1.807) is 6.20 Å². The van der Waals surface area contributed by atoms with Gasteiger partial charge in [0.2, 0.25) is 0 Å². The molecule has 0 aliphatic heterocycles. The minimum absolute atomic E-state index is 0.455. The summed E-state index contributed by atoms with van der Waals surface area (Å²) in [6.07, 6.45) is 1.79. The Balaban J connectivity index is 2.20. The van der Waals surface area contributed by atoms with Crippen LogP contribution in [0, 0.1) is 0 Å². The van der Waals surface area contributed by atoms with Gasteiger partial charge in [-0.25, -0.2) is 0 Å². The lowest BCUT2D eigenvalue weighted by molar-refractivity contribution is 0.589. The van der Waals surface area contributed by atoms with Crippen molar-refractivity contribution in [3.8, 4) is 11.3 Å². The topological polar surface area (TPSA) is 24.9 Å². The molecule has 0 aliphatic rings. The molecule has 0 saturated carbocycles. The molecule has 1 aromatic carbocycles. The Kier molecular flexibility index (Phi) is 4.34. The molecule has 0 fully saturated rings. The van der Waals surface area contributed by atoms with Crippen LogP contribution in [0.4, 0.5) is 0 Å². The fourth-order valence-electron chi connectivity index (χ4n) is 1.70. The van der Waals surface area contributed by atoms with Gasteiger partial charge in [0.05, 0.1) is 5.69 Å². The van der Waals surface area contributed by atoms with E-state index in [0.29, 0.717) is 6.04 Å². The maximum atomic E-state index is 6.29. The van der Waals surface area contributed by atoms with E-state index in [-0.39, 0.29) is 0 Å². The summed E-state index contributed by atoms with van der Waals surface area (Å²) in [5, 5.41) is 4.15. The largest absolute Gasteiger partial charge is 0.310 e. The van der Waals surface area contributed by atoms with Crippen LogP contribution in [-0.4, -0.2) is 11.0 Å². The molecule has 0 bridgehead atoms. The average Bonchev–Trinajstić information content (AvgIpc) is 2.38. The molecule has 2 rings (SSSR count). The maximum Gasteiger partial charge on any atom is 0.0702 e. The third kappa shape index (κ3) is 3.31. The van der Waals surface area contributed by atoms with Crippen LogP contribution >= 0.6 is 11.6 Å². The van der Waals surface area contributed by atoms with Gasteiger partial charge in [-0.15, -0.1) is 0 Å². The maximum absolute atomic E-state index is 6.29. The highest BCUT2D eigenvalue weighted by Gasteiger charge is 2.04. The molecule has 1 heterocycles. The van der Waals surface area contributed by atoms with E-state index < -0.39 is 0 Å². The van der Waals surface area contributed by atoms with Crippen LogP contribution in [0.3, 0.4) is 0 Å². The van der Waals surface area contributed by atoms with E-state index in [9.17, 15) is 0 Å². The summed E-state index contributed by atoms with van der Waals surface area (Å²) >= 11 is 6.29. The second kappa shape index (κ2) is 5.98. The Labute approximate surface area is 113 Å². The number of rotatable bonds is 4. The number of hydrogen-bond donors (Lipinski definition) is 1. The van der Waals surface area contributed by atoms with Gasteiger partial charge in [-0.3, -0.25) is 4.98 Å². The smallest absolute Gasteiger partial charge is 0.0702 e. The SMILES string of the molecule is CC(C)NCc1ccc(-c2ccccn2)cc1Cl. The van der Waals surface area contributed by atoms with E-state index in [4.69, 9.17) is 11.6 Å². The van der Waals surface area contributed by atoms with Crippen molar-refractivity contribution in [3.63, 3.8) is 0 Å². The van der Waals surface area contributed by atoms with Gasteiger partial charge in [-0.05, 0) is 23.8 Å². The molecule has 0 saturated heterocycles. The fourth-order valence-corrected chi connectivity index (χ4v) is 1.94. The molecular formula is C15H17ClN2. The molecule has 0 radical (unpaired) electrons. The molecule has 0 spiro atoms. The van der Waals surface area contributed by atoms with Gasteiger partial charge in [0, 0.05) is 29.4 Å². The summed E-state index contributed by atoms with van der Waals surface area (Å²) in [6.45, 7) is 5.03. The standard InChI is InChI=1S/C15H17ClN2/c1-11(2)18-10-13-7-6-12(9-14(13)16)15-5-3-4-8-17-15/h3-9,11,18H,10H2,1-2H3. The van der Waals surface area contributed by atoms with Crippen LogP contribution in [0.5, 0.6) is 0 Å². The summed E-state index contributed by atoms with van der Waals surface area (Å²) in [4.78, 5) is 4.32. The predicted octanol–water partition coefficient (Wildman–Crippen LogP) is 3.90. The molecule has 1 aromatic heterocycles. The highest BCUT2D eigenvalue weighted by Crippen LogP contribution is 2.24. The van der Waals surface area contributed by atoms with Gasteiger partial charge in [0.25, 0.3) is 0 Å². The first kappa shape index (κ1) is 13.1. The van der Waals surface area contributed by atoms with E-state index >= 15 is 0 Å². The lowest BCUT2D eigenvalue weighted by atomic mass is 10.1. The van der Waals surface area contributed by atoms with Crippen LogP contribution in [0.25, 0.3) is 11.3 Å². The van der Waals surface area contributed by atoms with Crippen LogP contribution in [0.15, 0.2) is 42.6 Å². The third-order valence-electron chi connectivity index (χ3n) is 2.71. The van der Waals surface area contributed by atoms with Gasteiger partial charge >= 0.3 is 0 Å². The van der Waals surface area contributed by atoms with Gasteiger partial charge in [0.15, 0.2) is 0 Å². The van der Waals surface area contributed by atoms with E-state index in [1.165, 1.54) is 0 Å². The lowest BCUT2D eigenvalue weighted by Gasteiger charge is -2.10. The predicted molar refractivity (Wildman–Crippen MR) is 76.7 cm³/mol. The first-order valence-electron chi connectivity index (χ1n) is 6.10. The number of hydrogen-bond acceptors (Lipinski definition) is 2. The van der Waals surface area contributed by atoms with Gasteiger partial charge in [-0.2, -0.15) is 0 Å². The van der Waals surface area contributed by atoms with Crippen molar-refractivity contribution in [2.45, 2.75) is 26.4 Å². The molecule has 2 nitrogen and oxygen atoms in total. The number of nitrogens with zero attached hydrogens (tertiary/aromatic N) is 1. The molecule has 0 aliphatic carbocycles. The average molecular weight is 261 g/mol. The Morgan fingerprint density at radius 1 is 1.22 bits per heavy atom. The van der Waals surface area contributed by atoms with Crippen LogP contribution < -0.4 is 5.32 Å². The second-order valence-electron chi connectivity index (χ2n) is 4.56. The van der Waals surface area contributed by atoms with Gasteiger partial charge in [-0.1, -0.05) is 43.6 Å². The summed E-state index contributed by atoms with van der Waals surface area (Å²) in [5.41, 5.74) is 3.11. The molecule has 18 heavy (non-hydrogen) atoms. The lowest BCUT2D eigenvalue weighted by Crippen LogP contribution is -2.21. The van der Waals surface area contributed by atoms with Crippen molar-refractivity contribution >= 4 is 11.6 Å². The normalized spacial score (nSPS) is 10.9.